The molecule has 0 radical (unpaired) electrons. The van der Waals surface area contributed by atoms with Gasteiger partial charge in [0, 0.05) is 35.2 Å². The first-order valence-corrected chi connectivity index (χ1v) is 10.5. The van der Waals surface area contributed by atoms with Crippen molar-refractivity contribution in [1.82, 2.24) is 25.1 Å². The van der Waals surface area contributed by atoms with Crippen molar-refractivity contribution in [3.63, 3.8) is 0 Å². The molecular weight excluding hydrogens is 400 g/mol. The quantitative estimate of drug-likeness (QED) is 0.352. The lowest BCUT2D eigenvalue weighted by Crippen LogP contribution is -2.19. The van der Waals surface area contributed by atoms with E-state index in [2.05, 4.69) is 42.6 Å². The zero-order valence-electron chi connectivity index (χ0n) is 18.2. The van der Waals surface area contributed by atoms with E-state index < -0.39 is 0 Å². The topological polar surface area (TPSA) is 99.3 Å². The molecule has 7 heteroatoms. The second-order valence-electron chi connectivity index (χ2n) is 9.23. The number of hydrogen-bond donors (Lipinski definition) is 3. The fraction of sp³-hybridized carbons (Fsp3) is 0.200. The van der Waals surface area contributed by atoms with Crippen LogP contribution in [0.25, 0.3) is 44.3 Å². The maximum absolute atomic E-state index is 12.3. The molecule has 0 bridgehead atoms. The Morgan fingerprint density at radius 2 is 1.84 bits per heavy atom. The highest BCUT2D eigenvalue weighted by molar-refractivity contribution is 5.98. The van der Waals surface area contributed by atoms with Crippen molar-refractivity contribution in [3.8, 4) is 22.5 Å². The first kappa shape index (κ1) is 19.9. The lowest BCUT2D eigenvalue weighted by Gasteiger charge is -2.17. The van der Waals surface area contributed by atoms with E-state index in [4.69, 9.17) is 0 Å². The molecule has 1 amide bonds. The van der Waals surface area contributed by atoms with E-state index in [9.17, 15) is 4.79 Å². The minimum Gasteiger partial charge on any atom is -0.352 e. The number of anilines is 1. The van der Waals surface area contributed by atoms with Crippen molar-refractivity contribution < 1.29 is 4.79 Å². The lowest BCUT2D eigenvalue weighted by atomic mass is 9.92. The number of carbonyl (C=O) groups excluding carboxylic acids is 1. The molecule has 0 fully saturated rings. The van der Waals surface area contributed by atoms with E-state index in [0.29, 0.717) is 12.1 Å². The first-order valence-electron chi connectivity index (χ1n) is 10.5. The van der Waals surface area contributed by atoms with Crippen LogP contribution in [0, 0.1) is 5.41 Å². The van der Waals surface area contributed by atoms with Crippen LogP contribution in [0.15, 0.2) is 61.2 Å². The maximum Gasteiger partial charge on any atom is 0.224 e. The highest BCUT2D eigenvalue weighted by Crippen LogP contribution is 2.32. The number of carbonyl (C=O) groups is 1. The Hall–Kier alpha value is -4.00. The van der Waals surface area contributed by atoms with Crippen molar-refractivity contribution in [2.24, 2.45) is 5.41 Å². The highest BCUT2D eigenvalue weighted by atomic mass is 16.1. The van der Waals surface area contributed by atoms with Crippen LogP contribution >= 0.6 is 0 Å². The van der Waals surface area contributed by atoms with Crippen molar-refractivity contribution >= 4 is 33.4 Å². The number of aromatic nitrogens is 5. The zero-order chi connectivity index (χ0) is 22.3. The molecular formula is C25H24N6O. The van der Waals surface area contributed by atoms with E-state index >= 15 is 0 Å². The summed E-state index contributed by atoms with van der Waals surface area (Å²) in [5.74, 6) is -0.0164. The number of aromatic amines is 2. The number of rotatable bonds is 4. The van der Waals surface area contributed by atoms with Gasteiger partial charge in [0.15, 0.2) is 0 Å². The number of hydrogen-bond acceptors (Lipinski definition) is 4. The third-order valence-electron chi connectivity index (χ3n) is 5.29. The normalized spacial score (nSPS) is 11.8. The highest BCUT2D eigenvalue weighted by Gasteiger charge is 2.16. The molecule has 4 heterocycles. The molecule has 0 aliphatic carbocycles. The average Bonchev–Trinajstić information content (AvgIpc) is 3.35. The number of H-pyrrole nitrogens is 2. The Morgan fingerprint density at radius 3 is 2.66 bits per heavy atom. The number of fused-ring (bicyclic) bond motifs is 2. The maximum atomic E-state index is 12.3. The predicted octanol–water partition coefficient (Wildman–Crippen LogP) is 5.54. The Morgan fingerprint density at radius 1 is 0.969 bits per heavy atom. The van der Waals surface area contributed by atoms with Gasteiger partial charge in [-0.2, -0.15) is 5.10 Å². The molecule has 1 aromatic carbocycles. The van der Waals surface area contributed by atoms with Crippen molar-refractivity contribution in [2.75, 3.05) is 5.32 Å². The van der Waals surface area contributed by atoms with Gasteiger partial charge in [0.05, 0.1) is 34.8 Å². The van der Waals surface area contributed by atoms with E-state index in [-0.39, 0.29) is 11.3 Å². The summed E-state index contributed by atoms with van der Waals surface area (Å²) in [6, 6.07) is 12.1. The van der Waals surface area contributed by atoms with Gasteiger partial charge in [0.1, 0.15) is 5.69 Å². The molecule has 0 unspecified atom stereocenters. The average molecular weight is 425 g/mol. The zero-order valence-corrected chi connectivity index (χ0v) is 18.2. The summed E-state index contributed by atoms with van der Waals surface area (Å²) in [6.07, 6.45) is 7.51. The lowest BCUT2D eigenvalue weighted by molar-refractivity contribution is -0.117. The van der Waals surface area contributed by atoms with Crippen molar-refractivity contribution in [1.29, 1.82) is 0 Å². The fourth-order valence-electron chi connectivity index (χ4n) is 3.85. The summed E-state index contributed by atoms with van der Waals surface area (Å²) < 4.78 is 0. The second kappa shape index (κ2) is 7.60. The van der Waals surface area contributed by atoms with Crippen LogP contribution in [0.4, 0.5) is 5.69 Å². The minimum atomic E-state index is -0.0729. The van der Waals surface area contributed by atoms with Crippen LogP contribution < -0.4 is 5.32 Å². The summed E-state index contributed by atoms with van der Waals surface area (Å²) in [7, 11) is 0. The molecule has 0 aliphatic rings. The van der Waals surface area contributed by atoms with Gasteiger partial charge in [0.25, 0.3) is 0 Å². The molecule has 0 saturated heterocycles. The van der Waals surface area contributed by atoms with Crippen molar-refractivity contribution in [3.05, 3.63) is 61.2 Å². The van der Waals surface area contributed by atoms with E-state index in [1.54, 1.807) is 18.6 Å². The third kappa shape index (κ3) is 3.97. The Labute approximate surface area is 185 Å². The largest absolute Gasteiger partial charge is 0.352 e. The van der Waals surface area contributed by atoms with Gasteiger partial charge in [-0.15, -0.1) is 0 Å². The SMILES string of the molecule is CC(C)(C)CC(=O)Nc1cncc(-c2ccc3[nH]nc(-c4cc5ccncc5[nH]4)c3c2)c1. The molecule has 7 nitrogen and oxygen atoms in total. The molecule has 5 rings (SSSR count). The van der Waals surface area contributed by atoms with E-state index in [0.717, 1.165) is 44.3 Å². The number of amides is 1. The summed E-state index contributed by atoms with van der Waals surface area (Å²) in [5, 5.41) is 12.7. The smallest absolute Gasteiger partial charge is 0.224 e. The van der Waals surface area contributed by atoms with Gasteiger partial charge in [-0.3, -0.25) is 19.9 Å². The molecule has 160 valence electrons. The standard InChI is InChI=1S/C25H24N6O/c1-25(2,3)11-23(32)28-18-8-17(12-27-13-18)15-4-5-20-19(9-15)24(31-30-20)21-10-16-6-7-26-14-22(16)29-21/h4-10,12-14,29H,11H2,1-3H3,(H,28,32)(H,30,31). The summed E-state index contributed by atoms with van der Waals surface area (Å²) in [5.41, 5.74) is 6.23. The second-order valence-corrected chi connectivity index (χ2v) is 9.23. The summed E-state index contributed by atoms with van der Waals surface area (Å²) in [4.78, 5) is 24.2. The first-order chi connectivity index (χ1) is 15.4. The number of benzene rings is 1. The molecule has 0 aliphatic heterocycles. The number of nitrogens with one attached hydrogen (secondary N) is 3. The number of nitrogens with zero attached hydrogens (tertiary/aromatic N) is 3. The van der Waals surface area contributed by atoms with E-state index in [1.807, 2.05) is 51.2 Å². The van der Waals surface area contributed by atoms with Crippen LogP contribution in [0.1, 0.15) is 27.2 Å². The van der Waals surface area contributed by atoms with Crippen molar-refractivity contribution in [2.45, 2.75) is 27.2 Å². The summed E-state index contributed by atoms with van der Waals surface area (Å²) >= 11 is 0. The Balaban J connectivity index is 1.49. The molecule has 3 N–H and O–H groups in total. The fourth-order valence-corrected chi connectivity index (χ4v) is 3.85. The van der Waals surface area contributed by atoms with Crippen LogP contribution in [-0.2, 0) is 4.79 Å². The molecule has 5 aromatic rings. The van der Waals surface area contributed by atoms with Gasteiger partial charge >= 0.3 is 0 Å². The Bertz CT molecular complexity index is 1410. The predicted molar refractivity (Wildman–Crippen MR) is 127 cm³/mol. The monoisotopic (exact) mass is 424 g/mol. The van der Waals surface area contributed by atoms with Gasteiger partial charge < -0.3 is 10.3 Å². The molecule has 32 heavy (non-hydrogen) atoms. The third-order valence-corrected chi connectivity index (χ3v) is 5.29. The van der Waals surface area contributed by atoms with Gasteiger partial charge in [-0.1, -0.05) is 26.8 Å². The van der Waals surface area contributed by atoms with Crippen LogP contribution in [0.5, 0.6) is 0 Å². The van der Waals surface area contributed by atoms with Gasteiger partial charge in [0.2, 0.25) is 5.91 Å². The number of pyridine rings is 2. The summed E-state index contributed by atoms with van der Waals surface area (Å²) in [6.45, 7) is 6.13. The molecule has 4 aromatic heterocycles. The Kier molecular flexibility index (Phi) is 4.74. The van der Waals surface area contributed by atoms with Gasteiger partial charge in [-0.25, -0.2) is 0 Å². The molecule has 0 spiro atoms. The molecule has 0 saturated carbocycles. The van der Waals surface area contributed by atoms with Crippen LogP contribution in [-0.4, -0.2) is 31.1 Å². The molecule has 0 atom stereocenters. The van der Waals surface area contributed by atoms with Crippen LogP contribution in [0.2, 0.25) is 0 Å². The minimum absolute atomic E-state index is 0.0164. The van der Waals surface area contributed by atoms with E-state index in [1.165, 1.54) is 0 Å². The van der Waals surface area contributed by atoms with Crippen LogP contribution in [0.3, 0.4) is 0 Å². The van der Waals surface area contributed by atoms with Gasteiger partial charge in [-0.05, 0) is 41.3 Å².